The van der Waals surface area contributed by atoms with Crippen LogP contribution in [0.2, 0.25) is 0 Å². The van der Waals surface area contributed by atoms with Crippen LogP contribution in [0.1, 0.15) is 16.7 Å². The Labute approximate surface area is 168 Å². The number of anilines is 1. The quantitative estimate of drug-likeness (QED) is 0.770. The number of aryl methyl sites for hydroxylation is 1. The number of benzene rings is 2. The molecule has 0 N–H and O–H groups in total. The van der Waals surface area contributed by atoms with Gasteiger partial charge < -0.3 is 14.5 Å². The van der Waals surface area contributed by atoms with E-state index in [0.29, 0.717) is 13.1 Å². The van der Waals surface area contributed by atoms with Gasteiger partial charge in [-0.15, -0.1) is 0 Å². The lowest BCUT2D eigenvalue weighted by Gasteiger charge is -2.37. The average Bonchev–Trinajstić information content (AvgIpc) is 2.71. The molecule has 0 saturated carbocycles. The summed E-state index contributed by atoms with van der Waals surface area (Å²) in [5, 5.41) is 0. The Morgan fingerprint density at radius 1 is 1.04 bits per heavy atom. The number of hydrogen-bond donors (Lipinski definition) is 0. The summed E-state index contributed by atoms with van der Waals surface area (Å²) in [5.74, 6) is 0.968. The van der Waals surface area contributed by atoms with Gasteiger partial charge in [0.1, 0.15) is 5.75 Å². The molecule has 0 spiro atoms. The second-order valence-electron chi connectivity index (χ2n) is 7.54. The number of ether oxygens (including phenoxy) is 1. The van der Waals surface area contributed by atoms with Crippen LogP contribution in [0.4, 0.5) is 5.69 Å². The number of piperazine rings is 1. The number of para-hydroxylation sites is 1. The van der Waals surface area contributed by atoms with Gasteiger partial charge in [0.15, 0.2) is 0 Å². The van der Waals surface area contributed by atoms with Crippen LogP contribution < -0.4 is 9.64 Å². The molecule has 0 atom stereocenters. The molecule has 0 unspecified atom stereocenters. The highest BCUT2D eigenvalue weighted by Crippen LogP contribution is 2.24. The molecular formula is C23H31N3O2. The molecule has 1 amide bonds. The summed E-state index contributed by atoms with van der Waals surface area (Å²) in [6.07, 6.45) is 0. The van der Waals surface area contributed by atoms with Crippen molar-refractivity contribution in [3.8, 4) is 5.75 Å². The summed E-state index contributed by atoms with van der Waals surface area (Å²) < 4.78 is 5.39. The van der Waals surface area contributed by atoms with Crippen LogP contribution in [0.5, 0.6) is 5.75 Å². The number of hydrogen-bond acceptors (Lipinski definition) is 4. The van der Waals surface area contributed by atoms with Crippen molar-refractivity contribution in [2.45, 2.75) is 20.4 Å². The van der Waals surface area contributed by atoms with Gasteiger partial charge in [0, 0.05) is 51.0 Å². The molecule has 2 aromatic carbocycles. The zero-order valence-corrected chi connectivity index (χ0v) is 17.4. The fourth-order valence-corrected chi connectivity index (χ4v) is 3.71. The molecule has 0 aliphatic carbocycles. The predicted molar refractivity (Wildman–Crippen MR) is 114 cm³/mol. The molecule has 1 aliphatic heterocycles. The van der Waals surface area contributed by atoms with Gasteiger partial charge in [0.25, 0.3) is 0 Å². The number of carbonyl (C=O) groups excluding carboxylic acids is 1. The molecule has 1 fully saturated rings. The summed E-state index contributed by atoms with van der Waals surface area (Å²) in [7, 11) is 3.53. The second kappa shape index (κ2) is 9.11. The number of carbonyl (C=O) groups is 1. The molecule has 0 aromatic heterocycles. The van der Waals surface area contributed by atoms with Crippen LogP contribution in [0.3, 0.4) is 0 Å². The van der Waals surface area contributed by atoms with Crippen molar-refractivity contribution < 1.29 is 9.53 Å². The Bertz CT molecular complexity index is 813. The van der Waals surface area contributed by atoms with E-state index in [2.05, 4.69) is 41.8 Å². The highest BCUT2D eigenvalue weighted by Gasteiger charge is 2.22. The largest absolute Gasteiger partial charge is 0.496 e. The van der Waals surface area contributed by atoms with Crippen LogP contribution in [0.15, 0.2) is 42.5 Å². The van der Waals surface area contributed by atoms with Gasteiger partial charge >= 0.3 is 0 Å². The van der Waals surface area contributed by atoms with Crippen molar-refractivity contribution in [3.63, 3.8) is 0 Å². The smallest absolute Gasteiger partial charge is 0.236 e. The zero-order valence-electron chi connectivity index (χ0n) is 17.4. The van der Waals surface area contributed by atoms with Crippen molar-refractivity contribution >= 4 is 11.6 Å². The lowest BCUT2D eigenvalue weighted by Crippen LogP contribution is -2.49. The lowest BCUT2D eigenvalue weighted by molar-refractivity contribution is -0.131. The Morgan fingerprint density at radius 3 is 2.46 bits per heavy atom. The molecule has 1 saturated heterocycles. The molecule has 28 heavy (non-hydrogen) atoms. The van der Waals surface area contributed by atoms with Crippen molar-refractivity contribution in [1.29, 1.82) is 0 Å². The Kier molecular flexibility index (Phi) is 6.57. The minimum atomic E-state index is 0.145. The molecule has 0 radical (unpaired) electrons. The number of amides is 1. The van der Waals surface area contributed by atoms with Gasteiger partial charge in [-0.2, -0.15) is 0 Å². The third kappa shape index (κ3) is 4.65. The maximum absolute atomic E-state index is 12.7. The first-order chi connectivity index (χ1) is 13.5. The number of likely N-dealkylation sites (N-methyl/N-ethyl adjacent to an activating group) is 1. The second-order valence-corrected chi connectivity index (χ2v) is 7.54. The van der Waals surface area contributed by atoms with E-state index in [0.717, 1.165) is 37.5 Å². The van der Waals surface area contributed by atoms with Gasteiger partial charge in [0.05, 0.1) is 13.7 Å². The van der Waals surface area contributed by atoms with E-state index in [1.165, 1.54) is 16.8 Å². The van der Waals surface area contributed by atoms with Crippen molar-refractivity contribution in [3.05, 3.63) is 59.2 Å². The molecule has 1 heterocycles. The van der Waals surface area contributed by atoms with Crippen LogP contribution in [0, 0.1) is 13.8 Å². The van der Waals surface area contributed by atoms with E-state index < -0.39 is 0 Å². The summed E-state index contributed by atoms with van der Waals surface area (Å²) in [6.45, 7) is 9.08. The SMILES string of the molecule is COc1ccccc1CN(C)C(=O)CN1CCN(c2cccc(C)c2C)CC1. The summed E-state index contributed by atoms with van der Waals surface area (Å²) in [5.41, 5.74) is 5.02. The minimum absolute atomic E-state index is 0.145. The topological polar surface area (TPSA) is 36.0 Å². The van der Waals surface area contributed by atoms with Crippen molar-refractivity contribution in [1.82, 2.24) is 9.80 Å². The molecule has 5 nitrogen and oxygen atoms in total. The first-order valence-electron chi connectivity index (χ1n) is 9.89. The fourth-order valence-electron chi connectivity index (χ4n) is 3.71. The summed E-state index contributed by atoms with van der Waals surface area (Å²) in [6, 6.07) is 14.3. The number of methoxy groups -OCH3 is 1. The van der Waals surface area contributed by atoms with Crippen LogP contribution in [-0.2, 0) is 11.3 Å². The summed E-state index contributed by atoms with van der Waals surface area (Å²) in [4.78, 5) is 19.2. The Balaban J connectivity index is 1.52. The summed E-state index contributed by atoms with van der Waals surface area (Å²) >= 11 is 0. The molecule has 5 heteroatoms. The Morgan fingerprint density at radius 2 is 1.75 bits per heavy atom. The Hall–Kier alpha value is -2.53. The molecular weight excluding hydrogens is 350 g/mol. The van der Waals surface area contributed by atoms with Crippen molar-refractivity contribution in [2.24, 2.45) is 0 Å². The van der Waals surface area contributed by atoms with Gasteiger partial charge in [-0.25, -0.2) is 0 Å². The zero-order chi connectivity index (χ0) is 20.1. The van der Waals surface area contributed by atoms with E-state index in [1.807, 2.05) is 31.3 Å². The van der Waals surface area contributed by atoms with E-state index in [4.69, 9.17) is 4.74 Å². The number of nitrogens with zero attached hydrogens (tertiary/aromatic N) is 3. The van der Waals surface area contributed by atoms with Crippen LogP contribution in [-0.4, -0.2) is 62.6 Å². The predicted octanol–water partition coefficient (Wildman–Crippen LogP) is 3.09. The molecule has 3 rings (SSSR count). The van der Waals surface area contributed by atoms with Crippen LogP contribution >= 0.6 is 0 Å². The first kappa shape index (κ1) is 20.2. The monoisotopic (exact) mass is 381 g/mol. The normalized spacial score (nSPS) is 14.8. The van der Waals surface area contributed by atoms with Gasteiger partial charge in [-0.05, 0) is 37.1 Å². The van der Waals surface area contributed by atoms with Gasteiger partial charge in [0.2, 0.25) is 5.91 Å². The fraction of sp³-hybridized carbons (Fsp3) is 0.435. The standard InChI is InChI=1S/C23H31N3O2/c1-18-8-7-10-21(19(18)2)26-14-12-25(13-15-26)17-23(27)24(3)16-20-9-5-6-11-22(20)28-4/h5-11H,12-17H2,1-4H3. The molecule has 0 bridgehead atoms. The molecule has 2 aromatic rings. The maximum atomic E-state index is 12.7. The molecule has 1 aliphatic rings. The highest BCUT2D eigenvalue weighted by atomic mass is 16.5. The van der Waals surface area contributed by atoms with Crippen LogP contribution in [0.25, 0.3) is 0 Å². The van der Waals surface area contributed by atoms with E-state index in [9.17, 15) is 4.79 Å². The van der Waals surface area contributed by atoms with Gasteiger partial charge in [-0.1, -0.05) is 30.3 Å². The molecule has 150 valence electrons. The third-order valence-corrected chi connectivity index (χ3v) is 5.67. The minimum Gasteiger partial charge on any atom is -0.496 e. The van der Waals surface area contributed by atoms with E-state index in [1.54, 1.807) is 12.0 Å². The number of rotatable bonds is 6. The van der Waals surface area contributed by atoms with Crippen molar-refractivity contribution in [2.75, 3.05) is 51.8 Å². The third-order valence-electron chi connectivity index (χ3n) is 5.67. The lowest BCUT2D eigenvalue weighted by atomic mass is 10.1. The van der Waals surface area contributed by atoms with Gasteiger partial charge in [-0.3, -0.25) is 9.69 Å². The average molecular weight is 382 g/mol. The first-order valence-corrected chi connectivity index (χ1v) is 9.89. The van der Waals surface area contributed by atoms with E-state index in [-0.39, 0.29) is 5.91 Å². The highest BCUT2D eigenvalue weighted by molar-refractivity contribution is 5.78. The van der Waals surface area contributed by atoms with E-state index >= 15 is 0 Å². The maximum Gasteiger partial charge on any atom is 0.236 e.